The predicted molar refractivity (Wildman–Crippen MR) is 76.5 cm³/mol. The topological polar surface area (TPSA) is 60.2 Å². The molecule has 18 heavy (non-hydrogen) atoms. The Kier molecular flexibility index (Phi) is 5.82. The average molecular weight is 269 g/mol. The van der Waals surface area contributed by atoms with Gasteiger partial charge in [-0.25, -0.2) is 8.42 Å². The smallest absolute Gasteiger partial charge is 0.150 e. The molecule has 0 bridgehead atoms. The van der Waals surface area contributed by atoms with Gasteiger partial charge in [0.2, 0.25) is 0 Å². The first kappa shape index (κ1) is 15.2. The Labute approximate surface area is 110 Å². The summed E-state index contributed by atoms with van der Waals surface area (Å²) in [6.45, 7) is 4.31. The number of benzene rings is 1. The van der Waals surface area contributed by atoms with Crippen LogP contribution >= 0.6 is 0 Å². The van der Waals surface area contributed by atoms with Crippen LogP contribution in [-0.2, 0) is 9.84 Å². The van der Waals surface area contributed by atoms with Gasteiger partial charge in [-0.3, -0.25) is 0 Å². The highest BCUT2D eigenvalue weighted by atomic mass is 32.2. The molecule has 0 amide bonds. The van der Waals surface area contributed by atoms with Crippen molar-refractivity contribution >= 4 is 9.84 Å². The van der Waals surface area contributed by atoms with Gasteiger partial charge in [0.1, 0.15) is 9.84 Å². The molecule has 0 radical (unpaired) electrons. The van der Waals surface area contributed by atoms with Crippen LogP contribution in [0.2, 0.25) is 0 Å². The fraction of sp³-hybridized carbons (Fsp3) is 0.571. The number of aryl methyl sites for hydroxylation is 1. The van der Waals surface area contributed by atoms with E-state index in [4.69, 9.17) is 5.73 Å². The Morgan fingerprint density at radius 1 is 1.33 bits per heavy atom. The SMILES string of the molecule is CCS(=O)(=O)CCCC(CN)c1cccc(C)c1. The Bertz CT molecular complexity index is 468. The molecule has 1 atom stereocenters. The van der Waals surface area contributed by atoms with Crippen LogP contribution in [0.3, 0.4) is 0 Å². The van der Waals surface area contributed by atoms with Gasteiger partial charge in [-0.15, -0.1) is 0 Å². The van der Waals surface area contributed by atoms with Crippen molar-refractivity contribution in [2.75, 3.05) is 18.1 Å². The maximum atomic E-state index is 11.4. The first-order chi connectivity index (χ1) is 8.48. The molecule has 0 spiro atoms. The fourth-order valence-corrected chi connectivity index (χ4v) is 2.93. The first-order valence-corrected chi connectivity index (χ1v) is 8.27. The van der Waals surface area contributed by atoms with Gasteiger partial charge in [0, 0.05) is 5.75 Å². The largest absolute Gasteiger partial charge is 0.330 e. The maximum absolute atomic E-state index is 11.4. The standard InChI is InChI=1S/C14H23NO2S/c1-3-18(16,17)9-5-8-14(11-15)13-7-4-6-12(2)10-13/h4,6-7,10,14H,3,5,8-9,11,15H2,1-2H3. The Balaban J connectivity index is 2.58. The van der Waals surface area contributed by atoms with Crippen molar-refractivity contribution in [2.45, 2.75) is 32.6 Å². The molecule has 102 valence electrons. The summed E-state index contributed by atoms with van der Waals surface area (Å²) in [4.78, 5) is 0. The van der Waals surface area contributed by atoms with E-state index in [2.05, 4.69) is 25.1 Å². The zero-order valence-corrected chi connectivity index (χ0v) is 12.0. The van der Waals surface area contributed by atoms with Crippen molar-refractivity contribution in [3.63, 3.8) is 0 Å². The van der Waals surface area contributed by atoms with Crippen LogP contribution in [0.1, 0.15) is 36.8 Å². The van der Waals surface area contributed by atoms with Crippen molar-refractivity contribution < 1.29 is 8.42 Å². The molecule has 0 heterocycles. The van der Waals surface area contributed by atoms with E-state index in [0.717, 1.165) is 6.42 Å². The first-order valence-electron chi connectivity index (χ1n) is 6.45. The van der Waals surface area contributed by atoms with Gasteiger partial charge in [-0.2, -0.15) is 0 Å². The molecule has 0 fully saturated rings. The second-order valence-corrected chi connectivity index (χ2v) is 7.20. The molecule has 0 aliphatic rings. The molecule has 4 heteroatoms. The molecule has 3 nitrogen and oxygen atoms in total. The fourth-order valence-electron chi connectivity index (χ4n) is 2.04. The summed E-state index contributed by atoms with van der Waals surface area (Å²) in [5, 5.41) is 0. The second kappa shape index (κ2) is 6.90. The molecule has 2 N–H and O–H groups in total. The van der Waals surface area contributed by atoms with E-state index < -0.39 is 9.84 Å². The van der Waals surface area contributed by atoms with Crippen molar-refractivity contribution in [1.82, 2.24) is 0 Å². The average Bonchev–Trinajstić information content (AvgIpc) is 2.34. The highest BCUT2D eigenvalue weighted by molar-refractivity contribution is 7.91. The van der Waals surface area contributed by atoms with E-state index in [-0.39, 0.29) is 17.4 Å². The molecule has 1 aromatic rings. The Morgan fingerprint density at radius 2 is 2.06 bits per heavy atom. The quantitative estimate of drug-likeness (QED) is 0.826. The minimum Gasteiger partial charge on any atom is -0.330 e. The summed E-state index contributed by atoms with van der Waals surface area (Å²) in [7, 11) is -2.85. The molecule has 1 aromatic carbocycles. The number of nitrogens with two attached hydrogens (primary N) is 1. The van der Waals surface area contributed by atoms with E-state index in [1.165, 1.54) is 11.1 Å². The summed E-state index contributed by atoms with van der Waals surface area (Å²) in [5.74, 6) is 0.758. The van der Waals surface area contributed by atoms with Crippen LogP contribution in [0.5, 0.6) is 0 Å². The normalized spacial score (nSPS) is 13.5. The van der Waals surface area contributed by atoms with Crippen molar-refractivity contribution in [2.24, 2.45) is 5.73 Å². The van der Waals surface area contributed by atoms with Crippen LogP contribution in [0.4, 0.5) is 0 Å². The lowest BCUT2D eigenvalue weighted by molar-refractivity contribution is 0.581. The van der Waals surface area contributed by atoms with Crippen molar-refractivity contribution in [3.05, 3.63) is 35.4 Å². The third kappa shape index (κ3) is 4.78. The van der Waals surface area contributed by atoms with Gasteiger partial charge in [0.05, 0.1) is 5.75 Å². The zero-order chi connectivity index (χ0) is 13.6. The van der Waals surface area contributed by atoms with Gasteiger partial charge in [0.25, 0.3) is 0 Å². The lowest BCUT2D eigenvalue weighted by Crippen LogP contribution is -2.15. The summed E-state index contributed by atoms with van der Waals surface area (Å²) in [6.07, 6.45) is 1.52. The Morgan fingerprint density at radius 3 is 2.61 bits per heavy atom. The monoisotopic (exact) mass is 269 g/mol. The summed E-state index contributed by atoms with van der Waals surface area (Å²) in [5.41, 5.74) is 8.22. The lowest BCUT2D eigenvalue weighted by atomic mass is 9.93. The van der Waals surface area contributed by atoms with Crippen LogP contribution in [-0.4, -0.2) is 26.5 Å². The van der Waals surface area contributed by atoms with Crippen molar-refractivity contribution in [3.8, 4) is 0 Å². The predicted octanol–water partition coefficient (Wildman–Crippen LogP) is 2.25. The number of rotatable bonds is 7. The van der Waals surface area contributed by atoms with Gasteiger partial charge in [0.15, 0.2) is 0 Å². The van der Waals surface area contributed by atoms with Crippen LogP contribution < -0.4 is 5.73 Å². The van der Waals surface area contributed by atoms with E-state index in [1.807, 2.05) is 6.07 Å². The van der Waals surface area contributed by atoms with Gasteiger partial charge >= 0.3 is 0 Å². The molecule has 0 saturated heterocycles. The summed E-state index contributed by atoms with van der Waals surface area (Å²) in [6, 6.07) is 8.28. The van der Waals surface area contributed by atoms with Crippen molar-refractivity contribution in [1.29, 1.82) is 0 Å². The van der Waals surface area contributed by atoms with Gasteiger partial charge < -0.3 is 5.73 Å². The summed E-state index contributed by atoms with van der Waals surface area (Å²) < 4.78 is 22.9. The van der Waals surface area contributed by atoms with Gasteiger partial charge in [-0.05, 0) is 37.8 Å². The van der Waals surface area contributed by atoms with Gasteiger partial charge in [-0.1, -0.05) is 36.8 Å². The highest BCUT2D eigenvalue weighted by Crippen LogP contribution is 2.21. The molecule has 0 aromatic heterocycles. The zero-order valence-electron chi connectivity index (χ0n) is 11.2. The number of hydrogen-bond acceptors (Lipinski definition) is 3. The molecule has 1 unspecified atom stereocenters. The Hall–Kier alpha value is -0.870. The molecular weight excluding hydrogens is 246 g/mol. The maximum Gasteiger partial charge on any atom is 0.150 e. The molecular formula is C14H23NO2S. The van der Waals surface area contributed by atoms with Crippen LogP contribution in [0, 0.1) is 6.92 Å². The van der Waals surface area contributed by atoms with Crippen LogP contribution in [0.15, 0.2) is 24.3 Å². The van der Waals surface area contributed by atoms with E-state index in [9.17, 15) is 8.42 Å². The molecule has 0 aliphatic heterocycles. The molecule has 0 aliphatic carbocycles. The minimum absolute atomic E-state index is 0.227. The van der Waals surface area contributed by atoms with E-state index in [1.54, 1.807) is 6.92 Å². The highest BCUT2D eigenvalue weighted by Gasteiger charge is 2.12. The minimum atomic E-state index is -2.85. The number of hydrogen-bond donors (Lipinski definition) is 1. The van der Waals surface area contributed by atoms with E-state index in [0.29, 0.717) is 13.0 Å². The third-order valence-electron chi connectivity index (χ3n) is 3.25. The summed E-state index contributed by atoms with van der Waals surface area (Å²) >= 11 is 0. The number of sulfone groups is 1. The molecule has 1 rings (SSSR count). The third-order valence-corrected chi connectivity index (χ3v) is 5.04. The van der Waals surface area contributed by atoms with E-state index >= 15 is 0 Å². The lowest BCUT2D eigenvalue weighted by Gasteiger charge is -2.15. The second-order valence-electron chi connectivity index (χ2n) is 4.73. The molecule has 0 saturated carbocycles. The van der Waals surface area contributed by atoms with Crippen LogP contribution in [0.25, 0.3) is 0 Å².